The van der Waals surface area contributed by atoms with Gasteiger partial charge < -0.3 is 10.1 Å². The van der Waals surface area contributed by atoms with Gasteiger partial charge in [-0.2, -0.15) is 5.10 Å². The number of carbonyl (C=O) groups is 1. The summed E-state index contributed by atoms with van der Waals surface area (Å²) < 4.78 is 5.11. The Hall–Kier alpha value is -2.63. The molecule has 0 spiro atoms. The number of nitrogens with one attached hydrogen (secondary N) is 2. The summed E-state index contributed by atoms with van der Waals surface area (Å²) in [5, 5.41) is 10.6. The molecule has 25 heavy (non-hydrogen) atoms. The van der Waals surface area contributed by atoms with E-state index in [0.29, 0.717) is 23.0 Å². The lowest BCUT2D eigenvalue weighted by molar-refractivity contribution is 0.102. The van der Waals surface area contributed by atoms with Crippen molar-refractivity contribution in [2.45, 2.75) is 13.5 Å². The first-order chi connectivity index (χ1) is 12.1. The minimum atomic E-state index is -0.236. The average Bonchev–Trinajstić information content (AvgIpc) is 2.98. The highest BCUT2D eigenvalue weighted by Crippen LogP contribution is 2.25. The molecule has 0 saturated heterocycles. The zero-order chi connectivity index (χ0) is 17.8. The highest BCUT2D eigenvalue weighted by Gasteiger charge is 2.17. The van der Waals surface area contributed by atoms with Crippen LogP contribution in [0.1, 0.15) is 21.6 Å². The zero-order valence-corrected chi connectivity index (χ0v) is 14.7. The van der Waals surface area contributed by atoms with Gasteiger partial charge in [-0.05, 0) is 36.8 Å². The van der Waals surface area contributed by atoms with Crippen molar-refractivity contribution in [1.29, 1.82) is 0 Å². The van der Waals surface area contributed by atoms with Gasteiger partial charge in [-0.25, -0.2) is 0 Å². The van der Waals surface area contributed by atoms with Gasteiger partial charge in [-0.1, -0.05) is 35.9 Å². The van der Waals surface area contributed by atoms with E-state index in [4.69, 9.17) is 16.3 Å². The molecule has 1 amide bonds. The largest absolute Gasteiger partial charge is 0.380 e. The number of rotatable bonds is 5. The van der Waals surface area contributed by atoms with Gasteiger partial charge in [0.2, 0.25) is 0 Å². The van der Waals surface area contributed by atoms with Crippen molar-refractivity contribution in [1.82, 2.24) is 10.2 Å². The van der Waals surface area contributed by atoms with Crippen LogP contribution in [0.3, 0.4) is 0 Å². The van der Waals surface area contributed by atoms with Crippen LogP contribution in [0.2, 0.25) is 5.02 Å². The van der Waals surface area contributed by atoms with Gasteiger partial charge in [0.1, 0.15) is 5.69 Å². The number of aromatic amines is 1. The first-order valence-electron chi connectivity index (χ1n) is 7.78. The molecule has 0 radical (unpaired) electrons. The summed E-state index contributed by atoms with van der Waals surface area (Å²) in [6.45, 7) is 2.36. The summed E-state index contributed by atoms with van der Waals surface area (Å²) in [6.07, 6.45) is 0. The van der Waals surface area contributed by atoms with Crippen LogP contribution in [0, 0.1) is 6.92 Å². The summed E-state index contributed by atoms with van der Waals surface area (Å²) >= 11 is 5.92. The molecule has 5 nitrogen and oxygen atoms in total. The molecular formula is C19H18ClN3O2. The Morgan fingerprint density at radius 3 is 2.72 bits per heavy atom. The van der Waals surface area contributed by atoms with Gasteiger partial charge in [0.15, 0.2) is 0 Å². The molecular weight excluding hydrogens is 338 g/mol. The number of H-pyrrole nitrogens is 1. The van der Waals surface area contributed by atoms with E-state index in [1.54, 1.807) is 19.2 Å². The fourth-order valence-electron chi connectivity index (χ4n) is 2.61. The first kappa shape index (κ1) is 17.2. The molecule has 2 aromatic carbocycles. The number of benzene rings is 2. The number of carbonyl (C=O) groups excluding carboxylic acids is 1. The maximum absolute atomic E-state index is 12.6. The van der Waals surface area contributed by atoms with Gasteiger partial charge in [-0.15, -0.1) is 0 Å². The van der Waals surface area contributed by atoms with Crippen molar-refractivity contribution in [3.05, 3.63) is 70.4 Å². The van der Waals surface area contributed by atoms with Crippen LogP contribution in [0.5, 0.6) is 0 Å². The molecule has 0 fully saturated rings. The number of aromatic nitrogens is 2. The fourth-order valence-corrected chi connectivity index (χ4v) is 2.73. The van der Waals surface area contributed by atoms with Crippen molar-refractivity contribution in [2.24, 2.45) is 0 Å². The van der Waals surface area contributed by atoms with E-state index in [2.05, 4.69) is 15.5 Å². The quantitative estimate of drug-likeness (QED) is 0.711. The minimum Gasteiger partial charge on any atom is -0.380 e. The summed E-state index contributed by atoms with van der Waals surface area (Å²) in [5.74, 6) is -0.236. The number of amides is 1. The smallest absolute Gasteiger partial charge is 0.273 e. The number of halogens is 1. The van der Waals surface area contributed by atoms with E-state index in [1.807, 2.05) is 43.3 Å². The van der Waals surface area contributed by atoms with Crippen LogP contribution in [-0.2, 0) is 11.3 Å². The van der Waals surface area contributed by atoms with Gasteiger partial charge in [0, 0.05) is 28.9 Å². The fraction of sp³-hybridized carbons (Fsp3) is 0.158. The second-order valence-electron chi connectivity index (χ2n) is 5.67. The van der Waals surface area contributed by atoms with Gasteiger partial charge >= 0.3 is 0 Å². The van der Waals surface area contributed by atoms with Gasteiger partial charge in [0.05, 0.1) is 12.3 Å². The summed E-state index contributed by atoms with van der Waals surface area (Å²) in [7, 11) is 1.64. The molecule has 0 bridgehead atoms. The Labute approximate surface area is 151 Å². The molecule has 0 aliphatic heterocycles. The minimum absolute atomic E-state index is 0.236. The molecule has 6 heteroatoms. The standard InChI is InChI=1S/C19H18ClN3O2/c1-12-17(14-6-8-15(20)9-7-14)22-23-18(12)19(24)21-16-5-3-4-13(10-16)11-25-2/h3-10H,11H2,1-2H3,(H,21,24)(H,22,23). The van der Waals surface area contributed by atoms with Crippen LogP contribution < -0.4 is 5.32 Å². The Morgan fingerprint density at radius 2 is 2.00 bits per heavy atom. The normalized spacial score (nSPS) is 10.7. The topological polar surface area (TPSA) is 67.0 Å². The Kier molecular flexibility index (Phi) is 5.16. The summed E-state index contributed by atoms with van der Waals surface area (Å²) in [5.41, 5.74) is 4.55. The Bertz CT molecular complexity index is 888. The molecule has 2 N–H and O–H groups in total. The Balaban J connectivity index is 1.81. The number of anilines is 1. The van der Waals surface area contributed by atoms with E-state index < -0.39 is 0 Å². The molecule has 0 atom stereocenters. The lowest BCUT2D eigenvalue weighted by Gasteiger charge is -2.07. The zero-order valence-electron chi connectivity index (χ0n) is 14.0. The van der Waals surface area contributed by atoms with Crippen molar-refractivity contribution in [3.63, 3.8) is 0 Å². The summed E-state index contributed by atoms with van der Waals surface area (Å²) in [6, 6.07) is 14.9. The molecule has 0 saturated carbocycles. The maximum Gasteiger partial charge on any atom is 0.273 e. The molecule has 3 aromatic rings. The second-order valence-corrected chi connectivity index (χ2v) is 6.10. The second kappa shape index (κ2) is 7.51. The van der Waals surface area contributed by atoms with Crippen molar-refractivity contribution < 1.29 is 9.53 Å². The monoisotopic (exact) mass is 355 g/mol. The number of hydrogen-bond donors (Lipinski definition) is 2. The van der Waals surface area contributed by atoms with Crippen LogP contribution in [0.25, 0.3) is 11.3 Å². The van der Waals surface area contributed by atoms with E-state index in [9.17, 15) is 4.79 Å². The molecule has 0 aliphatic rings. The molecule has 1 aromatic heterocycles. The number of methoxy groups -OCH3 is 1. The molecule has 3 rings (SSSR count). The number of hydrogen-bond acceptors (Lipinski definition) is 3. The third-order valence-corrected chi connectivity index (χ3v) is 4.10. The van der Waals surface area contributed by atoms with Crippen LogP contribution in [0.4, 0.5) is 5.69 Å². The average molecular weight is 356 g/mol. The maximum atomic E-state index is 12.6. The van der Waals surface area contributed by atoms with Crippen molar-refractivity contribution >= 4 is 23.2 Å². The van der Waals surface area contributed by atoms with E-state index in [0.717, 1.165) is 22.4 Å². The van der Waals surface area contributed by atoms with E-state index in [-0.39, 0.29) is 5.91 Å². The molecule has 1 heterocycles. The SMILES string of the molecule is COCc1cccc(NC(=O)c2[nH]nc(-c3ccc(Cl)cc3)c2C)c1. The number of ether oxygens (including phenoxy) is 1. The van der Waals surface area contributed by atoms with E-state index >= 15 is 0 Å². The number of nitrogens with zero attached hydrogens (tertiary/aromatic N) is 1. The van der Waals surface area contributed by atoms with Gasteiger partial charge in [-0.3, -0.25) is 9.89 Å². The lowest BCUT2D eigenvalue weighted by atomic mass is 10.1. The molecule has 0 unspecified atom stereocenters. The van der Waals surface area contributed by atoms with Crippen LogP contribution >= 0.6 is 11.6 Å². The van der Waals surface area contributed by atoms with E-state index in [1.165, 1.54) is 0 Å². The predicted octanol–water partition coefficient (Wildman–Crippen LogP) is 4.44. The van der Waals surface area contributed by atoms with Crippen LogP contribution in [-0.4, -0.2) is 23.2 Å². The first-order valence-corrected chi connectivity index (χ1v) is 8.16. The highest BCUT2D eigenvalue weighted by molar-refractivity contribution is 6.30. The Morgan fingerprint density at radius 1 is 1.24 bits per heavy atom. The predicted molar refractivity (Wildman–Crippen MR) is 98.9 cm³/mol. The third-order valence-electron chi connectivity index (χ3n) is 3.85. The molecule has 0 aliphatic carbocycles. The van der Waals surface area contributed by atoms with Crippen molar-refractivity contribution in [3.8, 4) is 11.3 Å². The van der Waals surface area contributed by atoms with Crippen molar-refractivity contribution in [2.75, 3.05) is 12.4 Å². The lowest BCUT2D eigenvalue weighted by Crippen LogP contribution is -2.13. The molecule has 128 valence electrons. The third kappa shape index (κ3) is 3.90. The van der Waals surface area contributed by atoms with Gasteiger partial charge in [0.25, 0.3) is 5.91 Å². The summed E-state index contributed by atoms with van der Waals surface area (Å²) in [4.78, 5) is 12.6. The van der Waals surface area contributed by atoms with Crippen LogP contribution in [0.15, 0.2) is 48.5 Å². The highest BCUT2D eigenvalue weighted by atomic mass is 35.5.